The quantitative estimate of drug-likeness (QED) is 0.107. The van der Waals surface area contributed by atoms with E-state index in [1.165, 1.54) is 0 Å². The molecule has 0 aliphatic carbocycles. The van der Waals surface area contributed by atoms with Crippen LogP contribution in [0, 0.1) is 0 Å². The van der Waals surface area contributed by atoms with E-state index in [0.717, 1.165) is 67.1 Å². The fourth-order valence-electron chi connectivity index (χ4n) is 7.35. The highest BCUT2D eigenvalue weighted by atomic mass is 16.2. The largest absolute Gasteiger partial charge is 0.342 e. The molecule has 0 saturated heterocycles. The zero-order valence-corrected chi connectivity index (χ0v) is 28.6. The number of carbonyl (C=O) groups excluding carboxylic acids is 2. The summed E-state index contributed by atoms with van der Waals surface area (Å²) in [4.78, 5) is 31.8. The monoisotopic (exact) mass is 672 g/mol. The van der Waals surface area contributed by atoms with Crippen molar-refractivity contribution < 1.29 is 9.59 Å². The highest BCUT2D eigenvalue weighted by Crippen LogP contribution is 2.53. The van der Waals surface area contributed by atoms with Gasteiger partial charge in [-0.05, 0) is 33.4 Å². The van der Waals surface area contributed by atoms with E-state index < -0.39 is 5.78 Å². The van der Waals surface area contributed by atoms with Crippen LogP contribution in [-0.4, -0.2) is 21.9 Å². The Kier molecular flexibility index (Phi) is 9.10. The molecule has 8 rings (SSSR count). The average molecular weight is 673 g/mol. The highest BCUT2D eigenvalue weighted by Gasteiger charge is 2.41. The van der Waals surface area contributed by atoms with Crippen LogP contribution in [-0.2, 0) is 22.7 Å². The van der Waals surface area contributed by atoms with Gasteiger partial charge in [0.2, 0.25) is 5.78 Å². The summed E-state index contributed by atoms with van der Waals surface area (Å²) in [5.74, 6) is -0.574. The molecule has 2 heterocycles. The SMILES string of the molecule is O=CC(=O)C1=C2C(=CN(Cc3ccccc3)C(c3ccccc3)=C2c2ccccc2)C(c2ccccc2)=C(c2ccccc2)N1Cc1ccccc1. The van der Waals surface area contributed by atoms with Crippen LogP contribution in [0.3, 0.4) is 0 Å². The minimum Gasteiger partial charge on any atom is -0.342 e. The number of hydrogen-bond acceptors (Lipinski definition) is 4. The van der Waals surface area contributed by atoms with Gasteiger partial charge >= 0.3 is 0 Å². The molecular weight excluding hydrogens is 637 g/mol. The highest BCUT2D eigenvalue weighted by molar-refractivity contribution is 6.35. The second kappa shape index (κ2) is 14.6. The maximum absolute atomic E-state index is 14.5. The van der Waals surface area contributed by atoms with Gasteiger partial charge in [0, 0.05) is 41.6 Å². The Morgan fingerprint density at radius 1 is 0.442 bits per heavy atom. The number of fused-ring (bicyclic) bond motifs is 1. The zero-order chi connectivity index (χ0) is 35.3. The number of hydrogen-bond donors (Lipinski definition) is 0. The second-order valence-corrected chi connectivity index (χ2v) is 12.8. The summed E-state index contributed by atoms with van der Waals surface area (Å²) in [6.45, 7) is 0.967. The van der Waals surface area contributed by atoms with Crippen LogP contribution in [0.2, 0.25) is 0 Å². The Bertz CT molecular complexity index is 2310. The van der Waals surface area contributed by atoms with Gasteiger partial charge in [0.1, 0.15) is 5.70 Å². The standard InChI is InChI=1S/C48H36N2O2/c51-34-42(52)48-45-41(43(37-23-11-3-12-24-37)47(40-29-17-6-18-30-40)50(48)32-36-21-9-2-10-22-36)33-49(31-35-19-7-1-8-20-35)46(39-27-15-5-16-28-39)44(45)38-25-13-4-14-26-38/h1-30,33-34H,31-32H2. The molecule has 0 unspecified atom stereocenters. The number of nitrogens with zero attached hydrogens (tertiary/aromatic N) is 2. The molecule has 0 radical (unpaired) electrons. The van der Waals surface area contributed by atoms with E-state index in [9.17, 15) is 9.59 Å². The predicted molar refractivity (Wildman–Crippen MR) is 210 cm³/mol. The van der Waals surface area contributed by atoms with Crippen molar-refractivity contribution in [3.05, 3.63) is 238 Å². The van der Waals surface area contributed by atoms with E-state index in [4.69, 9.17) is 0 Å². The summed E-state index contributed by atoms with van der Waals surface area (Å²) >= 11 is 0. The average Bonchev–Trinajstić information content (AvgIpc) is 3.22. The van der Waals surface area contributed by atoms with Crippen LogP contribution in [0.1, 0.15) is 33.4 Å². The zero-order valence-electron chi connectivity index (χ0n) is 28.6. The third-order valence-corrected chi connectivity index (χ3v) is 9.55. The third-order valence-electron chi connectivity index (χ3n) is 9.55. The third kappa shape index (κ3) is 6.23. The predicted octanol–water partition coefficient (Wildman–Crippen LogP) is 10.1. The number of Topliss-reactive ketones (excluding diaryl/α,β-unsaturated/α-hetero) is 1. The normalized spacial score (nSPS) is 14.3. The molecule has 4 nitrogen and oxygen atoms in total. The summed E-state index contributed by atoms with van der Waals surface area (Å²) < 4.78 is 0. The van der Waals surface area contributed by atoms with Crippen LogP contribution in [0.25, 0.3) is 22.5 Å². The summed E-state index contributed by atoms with van der Waals surface area (Å²) in [6.07, 6.45) is 2.66. The van der Waals surface area contributed by atoms with Gasteiger partial charge in [-0.25, -0.2) is 0 Å². The number of allylic oxidation sites excluding steroid dienone is 5. The molecule has 0 aromatic heterocycles. The van der Waals surface area contributed by atoms with Crippen molar-refractivity contribution in [2.45, 2.75) is 13.1 Å². The first-order valence-corrected chi connectivity index (χ1v) is 17.5. The molecule has 0 saturated carbocycles. The number of benzene rings is 6. The summed E-state index contributed by atoms with van der Waals surface area (Å²) in [7, 11) is 0. The number of rotatable bonds is 10. The van der Waals surface area contributed by atoms with Gasteiger partial charge in [-0.2, -0.15) is 0 Å². The number of carbonyl (C=O) groups is 2. The number of aldehydes is 1. The van der Waals surface area contributed by atoms with Gasteiger partial charge in [-0.1, -0.05) is 182 Å². The molecule has 6 aromatic rings. The molecule has 0 N–H and O–H groups in total. The van der Waals surface area contributed by atoms with Gasteiger partial charge in [-0.3, -0.25) is 9.59 Å². The van der Waals surface area contributed by atoms with Crippen molar-refractivity contribution in [1.82, 2.24) is 9.80 Å². The molecule has 2 aliphatic heterocycles. The Morgan fingerprint density at radius 3 is 1.33 bits per heavy atom. The minimum absolute atomic E-state index is 0.357. The molecule has 0 atom stereocenters. The van der Waals surface area contributed by atoms with Crippen molar-refractivity contribution in [2.24, 2.45) is 0 Å². The van der Waals surface area contributed by atoms with Gasteiger partial charge in [0.15, 0.2) is 6.29 Å². The first-order chi connectivity index (χ1) is 25.7. The minimum atomic E-state index is -0.574. The Labute approximate surface area is 304 Å². The molecule has 2 aliphatic rings. The van der Waals surface area contributed by atoms with Crippen LogP contribution in [0.4, 0.5) is 0 Å². The first kappa shape index (κ1) is 32.4. The van der Waals surface area contributed by atoms with E-state index in [1.807, 2.05) is 84.9 Å². The van der Waals surface area contributed by atoms with E-state index in [1.54, 1.807) is 0 Å². The molecule has 0 spiro atoms. The summed E-state index contributed by atoms with van der Waals surface area (Å²) in [6, 6.07) is 61.8. The maximum Gasteiger partial charge on any atom is 0.242 e. The van der Waals surface area contributed by atoms with Gasteiger partial charge in [-0.15, -0.1) is 0 Å². The van der Waals surface area contributed by atoms with Crippen LogP contribution < -0.4 is 0 Å². The summed E-state index contributed by atoms with van der Waals surface area (Å²) in [5, 5.41) is 0. The molecule has 250 valence electrons. The molecule has 0 fully saturated rings. The Hall–Kier alpha value is -6.78. The Balaban J connectivity index is 1.54. The second-order valence-electron chi connectivity index (χ2n) is 12.8. The van der Waals surface area contributed by atoms with Crippen LogP contribution in [0.5, 0.6) is 0 Å². The van der Waals surface area contributed by atoms with Crippen molar-refractivity contribution in [1.29, 1.82) is 0 Å². The topological polar surface area (TPSA) is 40.6 Å². The lowest BCUT2D eigenvalue weighted by molar-refractivity contribution is -0.128. The van der Waals surface area contributed by atoms with Gasteiger partial charge < -0.3 is 9.80 Å². The fourth-order valence-corrected chi connectivity index (χ4v) is 7.35. The summed E-state index contributed by atoms with van der Waals surface area (Å²) in [5.41, 5.74) is 11.8. The lowest BCUT2D eigenvalue weighted by Crippen LogP contribution is -2.35. The van der Waals surface area contributed by atoms with Crippen LogP contribution >= 0.6 is 0 Å². The van der Waals surface area contributed by atoms with E-state index in [-0.39, 0.29) is 0 Å². The van der Waals surface area contributed by atoms with Gasteiger partial charge in [0.05, 0.1) is 11.4 Å². The van der Waals surface area contributed by atoms with E-state index >= 15 is 0 Å². The first-order valence-electron chi connectivity index (χ1n) is 17.5. The molecule has 0 bridgehead atoms. The molecular formula is C48H36N2O2. The molecule has 52 heavy (non-hydrogen) atoms. The van der Waals surface area contributed by atoms with Crippen molar-refractivity contribution in [3.8, 4) is 0 Å². The fraction of sp³-hybridized carbons (Fsp3) is 0.0417. The number of ketones is 1. The maximum atomic E-state index is 14.5. The van der Waals surface area contributed by atoms with E-state index in [0.29, 0.717) is 25.1 Å². The van der Waals surface area contributed by atoms with Gasteiger partial charge in [0.25, 0.3) is 0 Å². The molecule has 6 aromatic carbocycles. The van der Waals surface area contributed by atoms with Crippen LogP contribution in [0.15, 0.2) is 205 Å². The lowest BCUT2D eigenvalue weighted by Gasteiger charge is -2.43. The van der Waals surface area contributed by atoms with Crippen molar-refractivity contribution in [3.63, 3.8) is 0 Å². The molecule has 0 amide bonds. The van der Waals surface area contributed by atoms with E-state index in [2.05, 4.69) is 113 Å². The Morgan fingerprint density at radius 2 is 0.846 bits per heavy atom. The lowest BCUT2D eigenvalue weighted by atomic mass is 9.76. The van der Waals surface area contributed by atoms with Crippen molar-refractivity contribution in [2.75, 3.05) is 0 Å². The smallest absolute Gasteiger partial charge is 0.242 e. The van der Waals surface area contributed by atoms with Crippen molar-refractivity contribution >= 4 is 34.6 Å². The molecule has 4 heteroatoms.